The Kier molecular flexibility index (Phi) is 5.35. The molecule has 8 heteroatoms. The predicted octanol–water partition coefficient (Wildman–Crippen LogP) is -0.311. The molecule has 0 aliphatic heterocycles. The fourth-order valence-electron chi connectivity index (χ4n) is 1.66. The molecule has 1 rings (SSSR count). The molecule has 0 saturated carbocycles. The Morgan fingerprint density at radius 2 is 1.95 bits per heavy atom. The summed E-state index contributed by atoms with van der Waals surface area (Å²) < 4.78 is 32.0. The summed E-state index contributed by atoms with van der Waals surface area (Å²) in [5.74, 6) is 0.0957. The van der Waals surface area contributed by atoms with Crippen molar-refractivity contribution < 1.29 is 23.4 Å². The molecule has 0 atom stereocenters. The first-order valence-electron chi connectivity index (χ1n) is 6.03. The Morgan fingerprint density at radius 3 is 2.40 bits per heavy atom. The second-order valence-electron chi connectivity index (χ2n) is 4.47. The molecule has 0 aromatic heterocycles. The molecule has 0 radical (unpaired) electrons. The number of aliphatic hydroxyl groups is 2. The van der Waals surface area contributed by atoms with Crippen LogP contribution in [0.1, 0.15) is 13.3 Å². The maximum atomic E-state index is 12.4. The average molecular weight is 304 g/mol. The Morgan fingerprint density at radius 1 is 1.35 bits per heavy atom. The second-order valence-corrected chi connectivity index (χ2v) is 6.12. The van der Waals surface area contributed by atoms with E-state index in [-0.39, 0.29) is 17.1 Å². The van der Waals surface area contributed by atoms with Crippen LogP contribution in [0.3, 0.4) is 0 Å². The van der Waals surface area contributed by atoms with Gasteiger partial charge in [-0.25, -0.2) is 13.1 Å². The third-order valence-corrected chi connectivity index (χ3v) is 4.73. The Bertz CT molecular complexity index is 547. The highest BCUT2D eigenvalue weighted by Gasteiger charge is 2.33. The molecule has 0 amide bonds. The van der Waals surface area contributed by atoms with Gasteiger partial charge in [0.1, 0.15) is 10.6 Å². The molecular weight excluding hydrogens is 284 g/mol. The van der Waals surface area contributed by atoms with Crippen molar-refractivity contribution in [1.82, 2.24) is 4.72 Å². The van der Waals surface area contributed by atoms with E-state index >= 15 is 0 Å². The van der Waals surface area contributed by atoms with Crippen LogP contribution in [0.2, 0.25) is 0 Å². The topological polar surface area (TPSA) is 122 Å². The third-order valence-electron chi connectivity index (χ3n) is 3.11. The van der Waals surface area contributed by atoms with Gasteiger partial charge in [-0.15, -0.1) is 0 Å². The molecule has 1 aromatic carbocycles. The molecule has 7 nitrogen and oxygen atoms in total. The molecule has 0 bridgehead atoms. The minimum Gasteiger partial charge on any atom is -0.495 e. The highest BCUT2D eigenvalue weighted by molar-refractivity contribution is 7.89. The van der Waals surface area contributed by atoms with Gasteiger partial charge in [0.05, 0.1) is 25.9 Å². The highest BCUT2D eigenvalue weighted by Crippen LogP contribution is 2.27. The molecule has 20 heavy (non-hydrogen) atoms. The van der Waals surface area contributed by atoms with Gasteiger partial charge in [0, 0.05) is 11.8 Å². The summed E-state index contributed by atoms with van der Waals surface area (Å²) in [4.78, 5) is -0.103. The van der Waals surface area contributed by atoms with Gasteiger partial charge < -0.3 is 20.7 Å². The lowest BCUT2D eigenvalue weighted by atomic mass is 10.0. The normalized spacial score (nSPS) is 12.4. The fourth-order valence-corrected chi connectivity index (χ4v) is 3.26. The number of ether oxygens (including phenoxy) is 1. The first-order valence-corrected chi connectivity index (χ1v) is 7.51. The van der Waals surface area contributed by atoms with E-state index in [9.17, 15) is 18.6 Å². The summed E-state index contributed by atoms with van der Waals surface area (Å²) in [7, 11) is -2.63. The van der Waals surface area contributed by atoms with Crippen molar-refractivity contribution in [2.45, 2.75) is 23.8 Å². The van der Waals surface area contributed by atoms with Crippen molar-refractivity contribution >= 4 is 15.7 Å². The first-order chi connectivity index (χ1) is 9.34. The van der Waals surface area contributed by atoms with Crippen LogP contribution in [-0.4, -0.2) is 44.5 Å². The maximum Gasteiger partial charge on any atom is 0.244 e. The zero-order valence-electron chi connectivity index (χ0n) is 11.5. The molecule has 1 aromatic rings. The lowest BCUT2D eigenvalue weighted by molar-refractivity contribution is 0.105. The number of nitrogens with two attached hydrogens (primary N) is 1. The standard InChI is InChI=1S/C12H20N2O5S/c1-3-12(7-15,8-16)14-20(17,18)11-5-4-9(13)6-10(11)19-2/h4-6,14-16H,3,7-8,13H2,1-2H3. The van der Waals surface area contributed by atoms with Crippen LogP contribution in [0.5, 0.6) is 5.75 Å². The van der Waals surface area contributed by atoms with E-state index in [4.69, 9.17) is 10.5 Å². The van der Waals surface area contributed by atoms with E-state index in [0.717, 1.165) is 0 Å². The Labute approximate surface area is 118 Å². The number of nitrogen functional groups attached to an aromatic ring is 1. The second kappa shape index (κ2) is 6.40. The van der Waals surface area contributed by atoms with E-state index in [1.807, 2.05) is 0 Å². The Hall–Kier alpha value is -1.35. The number of rotatable bonds is 7. The average Bonchev–Trinajstić information content (AvgIpc) is 2.44. The van der Waals surface area contributed by atoms with Crippen LogP contribution in [-0.2, 0) is 10.0 Å². The molecular formula is C12H20N2O5S. The summed E-state index contributed by atoms with van der Waals surface area (Å²) in [6.45, 7) is 0.627. The van der Waals surface area contributed by atoms with Crippen molar-refractivity contribution in [3.63, 3.8) is 0 Å². The molecule has 0 aliphatic rings. The minimum absolute atomic E-state index is 0.0957. The van der Waals surface area contributed by atoms with Gasteiger partial charge in [-0.05, 0) is 18.6 Å². The summed E-state index contributed by atoms with van der Waals surface area (Å²) >= 11 is 0. The number of benzene rings is 1. The Balaban J connectivity index is 3.24. The maximum absolute atomic E-state index is 12.4. The number of hydrogen-bond acceptors (Lipinski definition) is 6. The number of sulfonamides is 1. The number of nitrogens with one attached hydrogen (secondary N) is 1. The number of aliphatic hydroxyl groups excluding tert-OH is 2. The van der Waals surface area contributed by atoms with Crippen LogP contribution in [0.15, 0.2) is 23.1 Å². The molecule has 0 saturated heterocycles. The number of hydrogen-bond donors (Lipinski definition) is 4. The van der Waals surface area contributed by atoms with Crippen molar-refractivity contribution in [1.29, 1.82) is 0 Å². The van der Waals surface area contributed by atoms with E-state index in [1.165, 1.54) is 25.3 Å². The van der Waals surface area contributed by atoms with Gasteiger partial charge in [0.25, 0.3) is 0 Å². The number of methoxy groups -OCH3 is 1. The third kappa shape index (κ3) is 3.40. The molecule has 0 unspecified atom stereocenters. The van der Waals surface area contributed by atoms with Crippen LogP contribution in [0.25, 0.3) is 0 Å². The van der Waals surface area contributed by atoms with E-state index < -0.39 is 28.8 Å². The first kappa shape index (κ1) is 16.7. The van der Waals surface area contributed by atoms with Crippen LogP contribution in [0.4, 0.5) is 5.69 Å². The molecule has 0 fully saturated rings. The van der Waals surface area contributed by atoms with Gasteiger partial charge in [0.15, 0.2) is 0 Å². The van der Waals surface area contributed by atoms with Crippen molar-refractivity contribution in [3.05, 3.63) is 18.2 Å². The summed E-state index contributed by atoms with van der Waals surface area (Å²) in [5, 5.41) is 18.6. The van der Waals surface area contributed by atoms with Crippen LogP contribution >= 0.6 is 0 Å². The van der Waals surface area contributed by atoms with Gasteiger partial charge in [0.2, 0.25) is 10.0 Å². The summed E-state index contributed by atoms with van der Waals surface area (Å²) in [6.07, 6.45) is 0.233. The van der Waals surface area contributed by atoms with Gasteiger partial charge >= 0.3 is 0 Å². The van der Waals surface area contributed by atoms with Crippen molar-refractivity contribution in [2.75, 3.05) is 26.1 Å². The van der Waals surface area contributed by atoms with E-state index in [0.29, 0.717) is 5.69 Å². The lowest BCUT2D eigenvalue weighted by Crippen LogP contribution is -2.53. The van der Waals surface area contributed by atoms with E-state index in [2.05, 4.69) is 4.72 Å². The summed E-state index contributed by atoms with van der Waals surface area (Å²) in [5.41, 5.74) is 4.63. The predicted molar refractivity (Wildman–Crippen MR) is 74.9 cm³/mol. The van der Waals surface area contributed by atoms with Crippen LogP contribution in [0, 0.1) is 0 Å². The number of anilines is 1. The highest BCUT2D eigenvalue weighted by atomic mass is 32.2. The van der Waals surface area contributed by atoms with Gasteiger partial charge in [-0.3, -0.25) is 0 Å². The molecule has 114 valence electrons. The van der Waals surface area contributed by atoms with Gasteiger partial charge in [-0.2, -0.15) is 0 Å². The van der Waals surface area contributed by atoms with E-state index in [1.54, 1.807) is 6.92 Å². The monoisotopic (exact) mass is 304 g/mol. The minimum atomic E-state index is -3.96. The van der Waals surface area contributed by atoms with Crippen molar-refractivity contribution in [3.8, 4) is 5.75 Å². The molecule has 0 spiro atoms. The lowest BCUT2D eigenvalue weighted by Gasteiger charge is -2.29. The largest absolute Gasteiger partial charge is 0.495 e. The van der Waals surface area contributed by atoms with Crippen molar-refractivity contribution in [2.24, 2.45) is 0 Å². The smallest absolute Gasteiger partial charge is 0.244 e. The molecule has 0 heterocycles. The quantitative estimate of drug-likeness (QED) is 0.513. The van der Waals surface area contributed by atoms with Crippen LogP contribution < -0.4 is 15.2 Å². The zero-order valence-corrected chi connectivity index (χ0v) is 12.3. The summed E-state index contributed by atoms with van der Waals surface area (Å²) in [6, 6.07) is 4.13. The molecule has 0 aliphatic carbocycles. The SMILES string of the molecule is CCC(CO)(CO)NS(=O)(=O)c1ccc(N)cc1OC. The van der Waals surface area contributed by atoms with Gasteiger partial charge in [-0.1, -0.05) is 6.92 Å². The fraction of sp³-hybridized carbons (Fsp3) is 0.500. The zero-order chi connectivity index (χ0) is 15.4. The molecule has 5 N–H and O–H groups in total.